The number of aryl methyl sites for hydroxylation is 1. The molecule has 2 aromatic heterocycles. The molecule has 0 aliphatic carbocycles. The maximum Gasteiger partial charge on any atom is 0.195 e. The maximum absolute atomic E-state index is 13.4. The molecule has 9 heteroatoms. The zero-order valence-corrected chi connectivity index (χ0v) is 20.6. The molecule has 35 heavy (non-hydrogen) atoms. The molecular formula is C26H27N5O3S. The highest BCUT2D eigenvalue weighted by molar-refractivity contribution is 7.90. The lowest BCUT2D eigenvalue weighted by atomic mass is 10.1. The minimum atomic E-state index is -3.56. The highest BCUT2D eigenvalue weighted by Crippen LogP contribution is 2.28. The SMILES string of the molecule is Cc1cc(C(=O)CN2CCN(c3ccncc3)CC2)n(-c2cc3ccccc3cc2S(C)(=O)=O)n1. The van der Waals surface area contributed by atoms with Gasteiger partial charge in [0.2, 0.25) is 0 Å². The number of fused-ring (bicyclic) bond motifs is 1. The van der Waals surface area contributed by atoms with Crippen molar-refractivity contribution in [1.29, 1.82) is 0 Å². The van der Waals surface area contributed by atoms with Gasteiger partial charge in [-0.3, -0.25) is 14.7 Å². The van der Waals surface area contributed by atoms with Crippen molar-refractivity contribution >= 4 is 32.1 Å². The molecule has 1 aliphatic rings. The van der Waals surface area contributed by atoms with Gasteiger partial charge < -0.3 is 4.90 Å². The summed E-state index contributed by atoms with van der Waals surface area (Å²) in [6.45, 7) is 5.20. The normalized spacial score (nSPS) is 15.0. The molecule has 4 aromatic rings. The molecule has 5 rings (SSSR count). The number of carbonyl (C=O) groups excluding carboxylic acids is 1. The molecule has 0 spiro atoms. The van der Waals surface area contributed by atoms with Crippen molar-refractivity contribution in [1.82, 2.24) is 19.7 Å². The van der Waals surface area contributed by atoms with E-state index in [9.17, 15) is 13.2 Å². The number of Topliss-reactive ketones (excluding diaryl/α,β-unsaturated/α-hetero) is 1. The van der Waals surface area contributed by atoms with E-state index in [4.69, 9.17) is 0 Å². The number of nitrogens with zero attached hydrogens (tertiary/aromatic N) is 5. The van der Waals surface area contributed by atoms with E-state index in [1.165, 1.54) is 10.9 Å². The quantitative estimate of drug-likeness (QED) is 0.385. The third-order valence-corrected chi connectivity index (χ3v) is 7.47. The Bertz CT molecular complexity index is 1490. The number of sulfone groups is 1. The second-order valence-electron chi connectivity index (χ2n) is 8.91. The van der Waals surface area contributed by atoms with E-state index in [2.05, 4.69) is 19.9 Å². The van der Waals surface area contributed by atoms with Crippen molar-refractivity contribution in [2.45, 2.75) is 11.8 Å². The second-order valence-corrected chi connectivity index (χ2v) is 10.9. The van der Waals surface area contributed by atoms with Crippen molar-refractivity contribution in [3.63, 3.8) is 0 Å². The zero-order valence-electron chi connectivity index (χ0n) is 19.8. The number of hydrogen-bond donors (Lipinski definition) is 0. The fraction of sp³-hybridized carbons (Fsp3) is 0.269. The summed E-state index contributed by atoms with van der Waals surface area (Å²) < 4.78 is 26.9. The third-order valence-electron chi connectivity index (χ3n) is 6.34. The van der Waals surface area contributed by atoms with Gasteiger partial charge in [0.25, 0.3) is 0 Å². The third kappa shape index (κ3) is 4.82. The number of benzene rings is 2. The first-order chi connectivity index (χ1) is 16.8. The van der Waals surface area contributed by atoms with E-state index in [-0.39, 0.29) is 17.2 Å². The Hall–Kier alpha value is -3.56. The summed E-state index contributed by atoms with van der Waals surface area (Å²) in [5, 5.41) is 6.23. The lowest BCUT2D eigenvalue weighted by molar-refractivity contribution is 0.0918. The van der Waals surface area contributed by atoms with Crippen LogP contribution in [0.2, 0.25) is 0 Å². The van der Waals surface area contributed by atoms with Crippen LogP contribution < -0.4 is 4.90 Å². The Morgan fingerprint density at radius 1 is 0.943 bits per heavy atom. The van der Waals surface area contributed by atoms with Gasteiger partial charge in [-0.25, -0.2) is 13.1 Å². The summed E-state index contributed by atoms with van der Waals surface area (Å²) in [4.78, 5) is 22.1. The van der Waals surface area contributed by atoms with E-state index < -0.39 is 9.84 Å². The first kappa shape index (κ1) is 23.2. The van der Waals surface area contributed by atoms with E-state index in [0.717, 1.165) is 42.6 Å². The Labute approximate surface area is 204 Å². The predicted molar refractivity (Wildman–Crippen MR) is 136 cm³/mol. The fourth-order valence-corrected chi connectivity index (χ4v) is 5.42. The number of carbonyl (C=O) groups is 1. The van der Waals surface area contributed by atoms with Gasteiger partial charge in [-0.05, 0) is 48.0 Å². The molecule has 0 saturated carbocycles. The zero-order chi connectivity index (χ0) is 24.6. The fourth-order valence-electron chi connectivity index (χ4n) is 4.55. The Morgan fingerprint density at radius 3 is 2.26 bits per heavy atom. The molecular weight excluding hydrogens is 462 g/mol. The van der Waals surface area contributed by atoms with E-state index >= 15 is 0 Å². The first-order valence-electron chi connectivity index (χ1n) is 11.5. The molecule has 1 aliphatic heterocycles. The number of pyridine rings is 1. The lowest BCUT2D eigenvalue weighted by Crippen LogP contribution is -2.48. The molecule has 0 amide bonds. The van der Waals surface area contributed by atoms with E-state index in [1.807, 2.05) is 43.3 Å². The monoisotopic (exact) mass is 489 g/mol. The summed E-state index contributed by atoms with van der Waals surface area (Å²) in [7, 11) is -3.56. The first-order valence-corrected chi connectivity index (χ1v) is 13.4. The molecule has 0 radical (unpaired) electrons. The average molecular weight is 490 g/mol. The Balaban J connectivity index is 1.42. The standard InChI is InChI=1S/C26H27N5O3S/c1-19-15-23(25(32)18-29-11-13-30(14-12-29)22-7-9-27-10-8-22)31(28-19)24-16-20-5-3-4-6-21(20)17-26(24)35(2,33)34/h3-10,15-17H,11-14,18H2,1-2H3. The van der Waals surface area contributed by atoms with Gasteiger partial charge in [0.05, 0.1) is 22.8 Å². The highest BCUT2D eigenvalue weighted by Gasteiger charge is 2.25. The molecule has 1 saturated heterocycles. The van der Waals surface area contributed by atoms with Crippen LogP contribution in [0.1, 0.15) is 16.2 Å². The van der Waals surface area contributed by atoms with Crippen LogP contribution in [0.3, 0.4) is 0 Å². The van der Waals surface area contributed by atoms with Crippen LogP contribution >= 0.6 is 0 Å². The van der Waals surface area contributed by atoms with Gasteiger partial charge in [-0.2, -0.15) is 5.10 Å². The minimum Gasteiger partial charge on any atom is -0.369 e. The molecule has 0 atom stereocenters. The number of hydrogen-bond acceptors (Lipinski definition) is 7. The number of anilines is 1. The van der Waals surface area contributed by atoms with Crippen LogP contribution in [0.4, 0.5) is 5.69 Å². The Kier molecular flexibility index (Phi) is 6.12. The molecule has 2 aromatic carbocycles. The van der Waals surface area contributed by atoms with Gasteiger partial charge in [0.15, 0.2) is 15.6 Å². The number of ketones is 1. The minimum absolute atomic E-state index is 0.0874. The summed E-state index contributed by atoms with van der Waals surface area (Å²) in [6, 6.07) is 16.7. The highest BCUT2D eigenvalue weighted by atomic mass is 32.2. The van der Waals surface area contributed by atoms with Gasteiger partial charge in [-0.15, -0.1) is 0 Å². The van der Waals surface area contributed by atoms with Gasteiger partial charge in [0.1, 0.15) is 5.69 Å². The number of rotatable bonds is 6. The van der Waals surface area contributed by atoms with E-state index in [1.54, 1.807) is 30.6 Å². The van der Waals surface area contributed by atoms with Crippen LogP contribution in [-0.4, -0.2) is 72.8 Å². The summed E-state index contributed by atoms with van der Waals surface area (Å²) >= 11 is 0. The molecule has 0 unspecified atom stereocenters. The molecule has 0 N–H and O–H groups in total. The summed E-state index contributed by atoms with van der Waals surface area (Å²) in [5.74, 6) is -0.0874. The smallest absolute Gasteiger partial charge is 0.195 e. The molecule has 1 fully saturated rings. The molecule has 0 bridgehead atoms. The number of aromatic nitrogens is 3. The summed E-state index contributed by atoms with van der Waals surface area (Å²) in [5.41, 5.74) is 2.57. The Morgan fingerprint density at radius 2 is 1.60 bits per heavy atom. The van der Waals surface area contributed by atoms with Crippen molar-refractivity contribution in [2.24, 2.45) is 0 Å². The largest absolute Gasteiger partial charge is 0.369 e. The van der Waals surface area contributed by atoms with Crippen LogP contribution in [-0.2, 0) is 9.84 Å². The van der Waals surface area contributed by atoms with Crippen molar-refractivity contribution in [2.75, 3.05) is 43.9 Å². The molecule has 8 nitrogen and oxygen atoms in total. The van der Waals surface area contributed by atoms with Crippen LogP contribution in [0, 0.1) is 6.92 Å². The lowest BCUT2D eigenvalue weighted by Gasteiger charge is -2.35. The van der Waals surface area contributed by atoms with Crippen molar-refractivity contribution in [3.8, 4) is 5.69 Å². The molecule has 3 heterocycles. The maximum atomic E-state index is 13.4. The number of piperazine rings is 1. The van der Waals surface area contributed by atoms with E-state index in [0.29, 0.717) is 17.1 Å². The van der Waals surface area contributed by atoms with Crippen molar-refractivity contribution < 1.29 is 13.2 Å². The molecule has 180 valence electrons. The second kappa shape index (κ2) is 9.24. The van der Waals surface area contributed by atoms with Crippen LogP contribution in [0.25, 0.3) is 16.5 Å². The predicted octanol–water partition coefficient (Wildman–Crippen LogP) is 3.14. The van der Waals surface area contributed by atoms with Gasteiger partial charge in [0, 0.05) is 50.5 Å². The summed E-state index contributed by atoms with van der Waals surface area (Å²) in [6.07, 6.45) is 4.75. The van der Waals surface area contributed by atoms with Gasteiger partial charge >= 0.3 is 0 Å². The average Bonchev–Trinajstić information content (AvgIpc) is 3.25. The van der Waals surface area contributed by atoms with Crippen molar-refractivity contribution in [3.05, 3.63) is 78.4 Å². The van der Waals surface area contributed by atoms with Crippen LogP contribution in [0.5, 0.6) is 0 Å². The van der Waals surface area contributed by atoms with Gasteiger partial charge in [-0.1, -0.05) is 24.3 Å². The van der Waals surface area contributed by atoms with Crippen LogP contribution in [0.15, 0.2) is 71.9 Å². The topological polar surface area (TPSA) is 88.4 Å².